The van der Waals surface area contributed by atoms with Crippen molar-refractivity contribution >= 4 is 21.6 Å². The molecule has 0 amide bonds. The van der Waals surface area contributed by atoms with Gasteiger partial charge in [0.15, 0.2) is 0 Å². The number of likely N-dealkylation sites (tertiary alicyclic amines) is 1. The Morgan fingerprint density at radius 3 is 3.04 bits per heavy atom. The first-order valence-electron chi connectivity index (χ1n) is 9.78. The topological polar surface area (TPSA) is 50.2 Å². The van der Waals surface area contributed by atoms with Gasteiger partial charge in [-0.25, -0.2) is 4.98 Å². The van der Waals surface area contributed by atoms with Gasteiger partial charge in [-0.05, 0) is 43.5 Å². The molecule has 0 spiro atoms. The lowest BCUT2D eigenvalue weighted by atomic mass is 10.0. The Morgan fingerprint density at radius 1 is 1.26 bits per heavy atom. The van der Waals surface area contributed by atoms with Crippen LogP contribution in [0.5, 0.6) is 0 Å². The van der Waals surface area contributed by atoms with Crippen LogP contribution in [0.25, 0.3) is 10.2 Å². The number of nitrogens with zero attached hydrogens (tertiary/aromatic N) is 3. The second kappa shape index (κ2) is 7.19. The summed E-state index contributed by atoms with van der Waals surface area (Å²) in [4.78, 5) is 22.6. The number of piperidine rings is 1. The minimum Gasteiger partial charge on any atom is -0.312 e. The smallest absolute Gasteiger partial charge is 0.262 e. The van der Waals surface area contributed by atoms with Crippen LogP contribution in [0, 0.1) is 0 Å². The highest BCUT2D eigenvalue weighted by atomic mass is 32.1. The van der Waals surface area contributed by atoms with Crippen LogP contribution in [-0.4, -0.2) is 34.1 Å². The Labute approximate surface area is 162 Å². The molecule has 1 saturated heterocycles. The number of benzene rings is 1. The van der Waals surface area contributed by atoms with Gasteiger partial charge in [0.2, 0.25) is 0 Å². The van der Waals surface area contributed by atoms with Gasteiger partial charge in [0.25, 0.3) is 5.56 Å². The molecule has 1 N–H and O–H groups in total. The first kappa shape index (κ1) is 17.1. The molecule has 1 atom stereocenters. The summed E-state index contributed by atoms with van der Waals surface area (Å²) in [6.45, 7) is 4.76. The molecule has 6 heteroatoms. The third kappa shape index (κ3) is 3.22. The molecule has 4 heterocycles. The number of fused-ring (bicyclic) bond motifs is 3. The number of thiophene rings is 1. The summed E-state index contributed by atoms with van der Waals surface area (Å²) in [6.07, 6.45) is 4.89. The van der Waals surface area contributed by atoms with Gasteiger partial charge >= 0.3 is 0 Å². The highest BCUT2D eigenvalue weighted by Gasteiger charge is 2.25. The van der Waals surface area contributed by atoms with Crippen molar-refractivity contribution in [2.75, 3.05) is 19.6 Å². The van der Waals surface area contributed by atoms with Gasteiger partial charge in [0.05, 0.1) is 17.8 Å². The molecule has 5 nitrogen and oxygen atoms in total. The standard InChI is InChI=1S/C21H24N4OS/c26-21-19-17-8-9-22-11-18(17)27-20(19)23-14-25(21)16-7-4-10-24(13-16)12-15-5-2-1-3-6-15/h1-3,5-6,14,16,22H,4,7-13H2/t16-/m0/s1. The van der Waals surface area contributed by atoms with E-state index < -0.39 is 0 Å². The Hall–Kier alpha value is -2.02. The number of hydrogen-bond acceptors (Lipinski definition) is 5. The molecule has 27 heavy (non-hydrogen) atoms. The third-order valence-electron chi connectivity index (χ3n) is 5.78. The average Bonchev–Trinajstić information content (AvgIpc) is 3.09. The molecular formula is C21H24N4OS. The fraction of sp³-hybridized carbons (Fsp3) is 0.429. The first-order valence-corrected chi connectivity index (χ1v) is 10.6. The van der Waals surface area contributed by atoms with E-state index >= 15 is 0 Å². The van der Waals surface area contributed by atoms with Crippen LogP contribution < -0.4 is 10.9 Å². The molecule has 140 valence electrons. The lowest BCUT2D eigenvalue weighted by Gasteiger charge is -2.33. The van der Waals surface area contributed by atoms with Crippen molar-refractivity contribution in [1.82, 2.24) is 19.8 Å². The quantitative estimate of drug-likeness (QED) is 0.759. The highest BCUT2D eigenvalue weighted by Crippen LogP contribution is 2.30. The van der Waals surface area contributed by atoms with Crippen molar-refractivity contribution in [2.24, 2.45) is 0 Å². The van der Waals surface area contributed by atoms with E-state index in [2.05, 4.69) is 45.5 Å². The first-order chi connectivity index (χ1) is 13.3. The van der Waals surface area contributed by atoms with Gasteiger partial charge in [-0.15, -0.1) is 11.3 Å². The van der Waals surface area contributed by atoms with E-state index in [0.717, 1.165) is 62.2 Å². The second-order valence-corrected chi connectivity index (χ2v) is 8.67. The summed E-state index contributed by atoms with van der Waals surface area (Å²) in [5.41, 5.74) is 2.72. The monoisotopic (exact) mass is 380 g/mol. The molecule has 2 aromatic heterocycles. The van der Waals surface area contributed by atoms with E-state index in [1.165, 1.54) is 16.0 Å². The minimum absolute atomic E-state index is 0.158. The molecule has 3 aromatic rings. The van der Waals surface area contributed by atoms with Crippen LogP contribution in [0.2, 0.25) is 0 Å². The molecular weight excluding hydrogens is 356 g/mol. The van der Waals surface area contributed by atoms with Crippen LogP contribution in [0.15, 0.2) is 41.5 Å². The number of hydrogen-bond donors (Lipinski definition) is 1. The largest absolute Gasteiger partial charge is 0.312 e. The fourth-order valence-electron chi connectivity index (χ4n) is 4.43. The molecule has 0 aliphatic carbocycles. The molecule has 2 aliphatic heterocycles. The zero-order valence-electron chi connectivity index (χ0n) is 15.4. The molecule has 0 unspecified atom stereocenters. The van der Waals surface area contributed by atoms with E-state index in [4.69, 9.17) is 0 Å². The zero-order chi connectivity index (χ0) is 18.2. The van der Waals surface area contributed by atoms with Crippen molar-refractivity contribution in [3.05, 3.63) is 63.0 Å². The van der Waals surface area contributed by atoms with Gasteiger partial charge in [0.1, 0.15) is 4.83 Å². The van der Waals surface area contributed by atoms with Gasteiger partial charge < -0.3 is 5.32 Å². The van der Waals surface area contributed by atoms with E-state index in [1.807, 2.05) is 4.57 Å². The summed E-state index contributed by atoms with van der Waals surface area (Å²) < 4.78 is 1.91. The van der Waals surface area contributed by atoms with Crippen molar-refractivity contribution in [1.29, 1.82) is 0 Å². The summed E-state index contributed by atoms with van der Waals surface area (Å²) in [5, 5.41) is 4.27. The van der Waals surface area contributed by atoms with Crippen molar-refractivity contribution in [3.8, 4) is 0 Å². The van der Waals surface area contributed by atoms with E-state index in [-0.39, 0.29) is 11.6 Å². The van der Waals surface area contributed by atoms with Gasteiger partial charge in [0, 0.05) is 24.5 Å². The Bertz CT molecular complexity index is 1010. The molecule has 0 bridgehead atoms. The Balaban J connectivity index is 1.44. The maximum atomic E-state index is 13.3. The molecule has 0 radical (unpaired) electrons. The fourth-order valence-corrected chi connectivity index (χ4v) is 5.58. The maximum Gasteiger partial charge on any atom is 0.262 e. The van der Waals surface area contributed by atoms with Crippen molar-refractivity contribution < 1.29 is 0 Å². The van der Waals surface area contributed by atoms with Gasteiger partial charge in [-0.3, -0.25) is 14.3 Å². The maximum absolute atomic E-state index is 13.3. The van der Waals surface area contributed by atoms with Crippen LogP contribution in [0.4, 0.5) is 0 Å². The van der Waals surface area contributed by atoms with Crippen molar-refractivity contribution in [3.63, 3.8) is 0 Å². The zero-order valence-corrected chi connectivity index (χ0v) is 16.2. The van der Waals surface area contributed by atoms with Crippen molar-refractivity contribution in [2.45, 2.75) is 38.4 Å². The van der Waals surface area contributed by atoms with Crippen LogP contribution in [0.3, 0.4) is 0 Å². The van der Waals surface area contributed by atoms with Crippen LogP contribution >= 0.6 is 11.3 Å². The number of nitrogens with one attached hydrogen (secondary N) is 1. The van der Waals surface area contributed by atoms with E-state index in [9.17, 15) is 4.79 Å². The predicted octanol–water partition coefficient (Wildman–Crippen LogP) is 2.94. The lowest BCUT2D eigenvalue weighted by molar-refractivity contribution is 0.168. The van der Waals surface area contributed by atoms with E-state index in [0.29, 0.717) is 0 Å². The minimum atomic E-state index is 0.158. The molecule has 0 saturated carbocycles. The van der Waals surface area contributed by atoms with Crippen LogP contribution in [0.1, 0.15) is 34.9 Å². The summed E-state index contributed by atoms with van der Waals surface area (Å²) in [7, 11) is 0. The molecule has 2 aliphatic rings. The highest BCUT2D eigenvalue weighted by molar-refractivity contribution is 7.18. The number of rotatable bonds is 3. The van der Waals surface area contributed by atoms with Crippen LogP contribution in [-0.2, 0) is 19.5 Å². The third-order valence-corrected chi connectivity index (χ3v) is 6.92. The summed E-state index contributed by atoms with van der Waals surface area (Å²) >= 11 is 1.67. The Kier molecular flexibility index (Phi) is 4.55. The summed E-state index contributed by atoms with van der Waals surface area (Å²) in [5.74, 6) is 0. The lowest BCUT2D eigenvalue weighted by Crippen LogP contribution is -2.39. The van der Waals surface area contributed by atoms with Gasteiger partial charge in [-0.2, -0.15) is 0 Å². The average molecular weight is 381 g/mol. The Morgan fingerprint density at radius 2 is 2.15 bits per heavy atom. The second-order valence-electron chi connectivity index (χ2n) is 7.58. The number of aromatic nitrogens is 2. The molecule has 5 rings (SSSR count). The SMILES string of the molecule is O=c1c2c3c(sc2ncn1[C@H]1CCCN(Cc2ccccc2)C1)CNCC3. The van der Waals surface area contributed by atoms with E-state index in [1.54, 1.807) is 17.7 Å². The normalized spacial score (nSPS) is 20.7. The van der Waals surface area contributed by atoms with Gasteiger partial charge in [-0.1, -0.05) is 30.3 Å². The predicted molar refractivity (Wildman–Crippen MR) is 109 cm³/mol. The molecule has 1 fully saturated rings. The summed E-state index contributed by atoms with van der Waals surface area (Å²) in [6, 6.07) is 10.8. The molecule has 1 aromatic carbocycles.